The number of nitrogens with zero attached hydrogens (tertiary/aromatic N) is 1. The van der Waals surface area contributed by atoms with Gasteiger partial charge in [0.15, 0.2) is 0 Å². The van der Waals surface area contributed by atoms with Crippen LogP contribution in [0.25, 0.3) is 0 Å². The number of rotatable bonds is 6. The zero-order chi connectivity index (χ0) is 19.2. The van der Waals surface area contributed by atoms with Crippen molar-refractivity contribution in [1.29, 1.82) is 0 Å². The minimum atomic E-state index is -0.214. The lowest BCUT2D eigenvalue weighted by atomic mass is 10.2. The molecule has 0 aliphatic rings. The number of anilines is 3. The van der Waals surface area contributed by atoms with Crippen LogP contribution in [-0.4, -0.2) is 17.0 Å². The van der Waals surface area contributed by atoms with Crippen molar-refractivity contribution in [1.82, 2.24) is 4.98 Å². The number of benzene rings is 2. The molecule has 2 N–H and O–H groups in total. The van der Waals surface area contributed by atoms with Crippen molar-refractivity contribution in [2.45, 2.75) is 20.0 Å². The van der Waals surface area contributed by atoms with E-state index in [0.717, 1.165) is 11.4 Å². The van der Waals surface area contributed by atoms with Gasteiger partial charge in [-0.2, -0.15) is 0 Å². The van der Waals surface area contributed by atoms with E-state index in [0.29, 0.717) is 22.1 Å². The summed E-state index contributed by atoms with van der Waals surface area (Å²) >= 11 is 5.89. The molecule has 138 valence electrons. The molecular formula is C21H20ClN3O2. The van der Waals surface area contributed by atoms with Gasteiger partial charge in [0, 0.05) is 28.2 Å². The molecule has 5 nitrogen and oxygen atoms in total. The summed E-state index contributed by atoms with van der Waals surface area (Å²) in [6.45, 7) is 3.93. The molecule has 0 unspecified atom stereocenters. The fraction of sp³-hybridized carbons (Fsp3) is 0.143. The first kappa shape index (κ1) is 18.7. The van der Waals surface area contributed by atoms with Crippen molar-refractivity contribution in [3.63, 3.8) is 0 Å². The molecule has 3 rings (SSSR count). The number of aromatic nitrogens is 1. The van der Waals surface area contributed by atoms with E-state index in [1.54, 1.807) is 30.5 Å². The Morgan fingerprint density at radius 2 is 1.67 bits per heavy atom. The summed E-state index contributed by atoms with van der Waals surface area (Å²) in [7, 11) is 0. The number of halogens is 1. The monoisotopic (exact) mass is 381 g/mol. The topological polar surface area (TPSA) is 63.2 Å². The van der Waals surface area contributed by atoms with Crippen molar-refractivity contribution >= 4 is 34.7 Å². The van der Waals surface area contributed by atoms with E-state index in [4.69, 9.17) is 16.3 Å². The molecule has 0 spiro atoms. The third-order valence-corrected chi connectivity index (χ3v) is 3.87. The van der Waals surface area contributed by atoms with Crippen LogP contribution in [0, 0.1) is 0 Å². The minimum absolute atomic E-state index is 0.105. The van der Waals surface area contributed by atoms with Crippen molar-refractivity contribution in [3.8, 4) is 5.75 Å². The lowest BCUT2D eigenvalue weighted by molar-refractivity contribution is 0.102. The highest BCUT2D eigenvalue weighted by molar-refractivity contribution is 6.30. The second kappa shape index (κ2) is 8.56. The van der Waals surface area contributed by atoms with Gasteiger partial charge in [0.2, 0.25) is 0 Å². The molecule has 27 heavy (non-hydrogen) atoms. The van der Waals surface area contributed by atoms with Gasteiger partial charge in [-0.15, -0.1) is 0 Å². The summed E-state index contributed by atoms with van der Waals surface area (Å²) < 4.78 is 5.60. The summed E-state index contributed by atoms with van der Waals surface area (Å²) in [5.41, 5.74) is 2.04. The Morgan fingerprint density at radius 3 is 2.33 bits per heavy atom. The zero-order valence-electron chi connectivity index (χ0n) is 15.1. The SMILES string of the molecule is CC(C)Oc1ccc(NC(=O)c2ccnc(Nc3ccc(Cl)cc3)c2)cc1. The highest BCUT2D eigenvalue weighted by Gasteiger charge is 2.08. The van der Waals surface area contributed by atoms with Gasteiger partial charge >= 0.3 is 0 Å². The van der Waals surface area contributed by atoms with Crippen LogP contribution in [0.15, 0.2) is 66.9 Å². The molecule has 1 aromatic heterocycles. The van der Waals surface area contributed by atoms with Crippen LogP contribution >= 0.6 is 11.6 Å². The molecule has 3 aromatic rings. The highest BCUT2D eigenvalue weighted by atomic mass is 35.5. The fourth-order valence-electron chi connectivity index (χ4n) is 2.41. The van der Waals surface area contributed by atoms with E-state index in [9.17, 15) is 4.79 Å². The van der Waals surface area contributed by atoms with E-state index < -0.39 is 0 Å². The Kier molecular flexibility index (Phi) is 5.94. The number of hydrogen-bond acceptors (Lipinski definition) is 4. The Morgan fingerprint density at radius 1 is 1.00 bits per heavy atom. The predicted octanol–water partition coefficient (Wildman–Crippen LogP) is 5.52. The van der Waals surface area contributed by atoms with Gasteiger partial charge in [-0.05, 0) is 74.5 Å². The molecule has 0 radical (unpaired) electrons. The summed E-state index contributed by atoms with van der Waals surface area (Å²) in [6.07, 6.45) is 1.70. The van der Waals surface area contributed by atoms with Crippen molar-refractivity contribution < 1.29 is 9.53 Å². The molecule has 2 aromatic carbocycles. The maximum Gasteiger partial charge on any atom is 0.255 e. The van der Waals surface area contributed by atoms with Crippen LogP contribution < -0.4 is 15.4 Å². The van der Waals surface area contributed by atoms with Gasteiger partial charge in [0.1, 0.15) is 11.6 Å². The van der Waals surface area contributed by atoms with E-state index in [1.807, 2.05) is 50.2 Å². The summed E-state index contributed by atoms with van der Waals surface area (Å²) in [5, 5.41) is 6.68. The van der Waals surface area contributed by atoms with E-state index in [2.05, 4.69) is 15.6 Å². The van der Waals surface area contributed by atoms with Crippen LogP contribution in [0.2, 0.25) is 5.02 Å². The average molecular weight is 382 g/mol. The molecule has 1 heterocycles. The molecule has 0 fully saturated rings. The normalized spacial score (nSPS) is 10.5. The van der Waals surface area contributed by atoms with Gasteiger partial charge in [-0.1, -0.05) is 11.6 Å². The second-order valence-electron chi connectivity index (χ2n) is 6.21. The highest BCUT2D eigenvalue weighted by Crippen LogP contribution is 2.20. The summed E-state index contributed by atoms with van der Waals surface area (Å²) in [5.74, 6) is 1.13. The fourth-order valence-corrected chi connectivity index (χ4v) is 2.54. The van der Waals surface area contributed by atoms with Crippen LogP contribution in [0.3, 0.4) is 0 Å². The number of amides is 1. The van der Waals surface area contributed by atoms with Crippen molar-refractivity contribution in [2.75, 3.05) is 10.6 Å². The number of ether oxygens (including phenoxy) is 1. The number of carbonyl (C=O) groups excluding carboxylic acids is 1. The van der Waals surface area contributed by atoms with Crippen LogP contribution in [-0.2, 0) is 0 Å². The molecule has 6 heteroatoms. The molecule has 0 bridgehead atoms. The molecule has 1 amide bonds. The smallest absolute Gasteiger partial charge is 0.255 e. The van der Waals surface area contributed by atoms with E-state index >= 15 is 0 Å². The summed E-state index contributed by atoms with van der Waals surface area (Å²) in [6, 6.07) is 17.9. The number of carbonyl (C=O) groups is 1. The maximum atomic E-state index is 12.5. The number of hydrogen-bond donors (Lipinski definition) is 2. The van der Waals surface area contributed by atoms with Gasteiger partial charge in [-0.3, -0.25) is 4.79 Å². The quantitative estimate of drug-likeness (QED) is 0.590. The van der Waals surface area contributed by atoms with Gasteiger partial charge in [0.25, 0.3) is 5.91 Å². The Bertz CT molecular complexity index is 909. The first-order chi connectivity index (χ1) is 13.0. The van der Waals surface area contributed by atoms with Crippen LogP contribution in [0.1, 0.15) is 24.2 Å². The minimum Gasteiger partial charge on any atom is -0.491 e. The largest absolute Gasteiger partial charge is 0.491 e. The summed E-state index contributed by atoms with van der Waals surface area (Å²) in [4.78, 5) is 16.8. The zero-order valence-corrected chi connectivity index (χ0v) is 15.8. The third-order valence-electron chi connectivity index (χ3n) is 3.62. The standard InChI is InChI=1S/C21H20ClN3O2/c1-14(2)27-19-9-7-18(8-10-19)25-21(26)15-11-12-23-20(13-15)24-17-5-3-16(22)4-6-17/h3-14H,1-2H3,(H,23,24)(H,25,26). The van der Waals surface area contributed by atoms with Crippen LogP contribution in [0.5, 0.6) is 5.75 Å². The molecule has 0 aliphatic heterocycles. The molecule has 0 saturated heterocycles. The molecule has 0 atom stereocenters. The molecule has 0 saturated carbocycles. The third kappa shape index (κ3) is 5.46. The van der Waals surface area contributed by atoms with Gasteiger partial charge in [-0.25, -0.2) is 4.98 Å². The Labute approximate surface area is 163 Å². The number of nitrogens with one attached hydrogen (secondary N) is 2. The lowest BCUT2D eigenvalue weighted by Crippen LogP contribution is -2.12. The average Bonchev–Trinajstić information content (AvgIpc) is 2.65. The lowest BCUT2D eigenvalue weighted by Gasteiger charge is -2.11. The predicted molar refractivity (Wildman–Crippen MR) is 109 cm³/mol. The Balaban J connectivity index is 1.67. The van der Waals surface area contributed by atoms with Gasteiger partial charge < -0.3 is 15.4 Å². The number of pyridine rings is 1. The van der Waals surface area contributed by atoms with Gasteiger partial charge in [0.05, 0.1) is 6.10 Å². The molecular weight excluding hydrogens is 362 g/mol. The van der Waals surface area contributed by atoms with E-state index in [-0.39, 0.29) is 12.0 Å². The Hall–Kier alpha value is -3.05. The van der Waals surface area contributed by atoms with Crippen molar-refractivity contribution in [2.24, 2.45) is 0 Å². The first-order valence-electron chi connectivity index (χ1n) is 8.56. The first-order valence-corrected chi connectivity index (χ1v) is 8.94. The maximum absolute atomic E-state index is 12.5. The second-order valence-corrected chi connectivity index (χ2v) is 6.64. The van der Waals surface area contributed by atoms with Crippen LogP contribution in [0.4, 0.5) is 17.2 Å². The van der Waals surface area contributed by atoms with E-state index in [1.165, 1.54) is 0 Å². The van der Waals surface area contributed by atoms with Crippen molar-refractivity contribution in [3.05, 3.63) is 77.4 Å². The molecule has 0 aliphatic carbocycles.